The van der Waals surface area contributed by atoms with Crippen LogP contribution in [0.1, 0.15) is 22.3 Å². The van der Waals surface area contributed by atoms with Crippen molar-refractivity contribution in [2.75, 3.05) is 0 Å². The number of hydrogen-bond acceptors (Lipinski definition) is 0. The van der Waals surface area contributed by atoms with Gasteiger partial charge in [-0.1, -0.05) is 0 Å². The van der Waals surface area contributed by atoms with Gasteiger partial charge in [-0.2, -0.15) is 52.7 Å². The summed E-state index contributed by atoms with van der Waals surface area (Å²) in [6.45, 7) is 0. The zero-order valence-electron chi connectivity index (χ0n) is 34.9. The summed E-state index contributed by atoms with van der Waals surface area (Å²) in [5.74, 6) is -105. The number of hydrogen-bond donors (Lipinski definition) is 0. The molecule has 34 heteroatoms. The van der Waals surface area contributed by atoms with Gasteiger partial charge in [0.15, 0.2) is 93.1 Å². The average Bonchev–Trinajstić information content (AvgIpc) is 3.44. The van der Waals surface area contributed by atoms with Gasteiger partial charge in [-0.25, -0.2) is 96.6 Å². The van der Waals surface area contributed by atoms with Crippen LogP contribution in [0.3, 0.4) is 0 Å². The first-order chi connectivity index (χ1) is 35.5. The zero-order chi connectivity index (χ0) is 58.9. The van der Waals surface area contributed by atoms with E-state index >= 15 is 79.0 Å². The molecule has 78 heavy (non-hydrogen) atoms. The molecular weight excluding hydrogens is 1170 g/mol. The first kappa shape index (κ1) is 55.4. The molecule has 0 bridgehead atoms. The van der Waals surface area contributed by atoms with Gasteiger partial charge >= 0.3 is 35.5 Å². The summed E-state index contributed by atoms with van der Waals surface area (Å²) in [5.41, 5.74) is -32.1. The Morgan fingerprint density at radius 3 is 0.385 bits per heavy atom. The second-order valence-corrected chi connectivity index (χ2v) is 16.4. The van der Waals surface area contributed by atoms with E-state index in [4.69, 9.17) is 0 Å². The highest BCUT2D eigenvalue weighted by Crippen LogP contribution is 2.72. The van der Waals surface area contributed by atoms with Crippen molar-refractivity contribution >= 4 is 43.1 Å². The number of rotatable bonds is 0. The van der Waals surface area contributed by atoms with Crippen molar-refractivity contribution < 1.29 is 149 Å². The van der Waals surface area contributed by atoms with Crippen molar-refractivity contribution in [2.45, 2.75) is 35.5 Å². The fraction of sp³-hybridized carbons (Fsp3) is 0.136. The second kappa shape index (κ2) is 16.1. The molecule has 0 amide bonds. The minimum absolute atomic E-state index is 2.10. The molecule has 0 radical (unpaired) electrons. The summed E-state index contributed by atoms with van der Waals surface area (Å²) in [5, 5.41) is -16.8. The fourth-order valence-electron chi connectivity index (χ4n) is 9.34. The highest BCUT2D eigenvalue weighted by Gasteiger charge is 2.80. The standard InChI is InChI=1S/C22F20.C22F14/c23-5-1-2(6(24)10(28)9(5)27)18(33,34)14-13(17(1,31)32)21(39,40)15-16(22(14,41)42)20(37,38)4-3(19(15,35)36)7(25)11(29)12(30)8(4)26;23-9-1-2(12(26)6-5(11(1)25)15(29)19(33)20(34)16(6)30)10(24)4-3(9)13(27)7-8(14(4)28)18(32)22(36)21(35)17(7)31. The molecule has 0 atom stereocenters. The molecule has 0 fully saturated rings. The number of halogens is 34. The van der Waals surface area contributed by atoms with Crippen LogP contribution in [-0.4, -0.2) is 11.8 Å². The molecule has 0 nitrogen and oxygen atoms in total. The normalized spacial score (nSPS) is 18.4. The van der Waals surface area contributed by atoms with Crippen LogP contribution in [0.5, 0.6) is 0 Å². The van der Waals surface area contributed by atoms with Gasteiger partial charge in [0.25, 0.3) is 0 Å². The van der Waals surface area contributed by atoms with E-state index < -0.39 is 251 Å². The van der Waals surface area contributed by atoms with Crippen LogP contribution >= 0.6 is 0 Å². The monoisotopic (exact) mass is 1170 g/mol. The molecule has 0 saturated heterocycles. The Balaban J connectivity index is 0.000000192. The zero-order valence-corrected chi connectivity index (χ0v) is 34.9. The Morgan fingerprint density at radius 2 is 0.244 bits per heavy atom. The van der Waals surface area contributed by atoms with E-state index in [1.54, 1.807) is 0 Å². The van der Waals surface area contributed by atoms with Crippen LogP contribution in [0, 0.1) is 128 Å². The predicted molar refractivity (Wildman–Crippen MR) is 188 cm³/mol. The van der Waals surface area contributed by atoms with E-state index in [9.17, 15) is 70.2 Å². The molecule has 10 rings (SSSR count). The van der Waals surface area contributed by atoms with E-state index in [0.717, 1.165) is 0 Å². The van der Waals surface area contributed by atoms with Crippen molar-refractivity contribution in [1.82, 2.24) is 0 Å². The largest absolute Gasteiger partial charge is 0.304 e. The molecule has 0 heterocycles. The molecule has 0 spiro atoms. The van der Waals surface area contributed by atoms with Crippen LogP contribution in [0.4, 0.5) is 149 Å². The number of allylic oxidation sites excluding steroid dienone is 4. The van der Waals surface area contributed by atoms with Gasteiger partial charge in [0.05, 0.1) is 87.6 Å². The summed E-state index contributed by atoms with van der Waals surface area (Å²) < 4.78 is 497. The third kappa shape index (κ3) is 6.23. The topological polar surface area (TPSA) is 0 Å². The Bertz CT molecular complexity index is 3590. The fourth-order valence-corrected chi connectivity index (χ4v) is 9.34. The van der Waals surface area contributed by atoms with Crippen LogP contribution in [0.15, 0.2) is 22.3 Å². The molecule has 0 unspecified atom stereocenters. The second-order valence-electron chi connectivity index (χ2n) is 16.4. The number of alkyl halides is 12. The molecule has 7 aromatic carbocycles. The van der Waals surface area contributed by atoms with Crippen molar-refractivity contribution in [3.05, 3.63) is 173 Å². The van der Waals surface area contributed by atoms with Crippen molar-refractivity contribution in [2.24, 2.45) is 0 Å². The van der Waals surface area contributed by atoms with E-state index in [2.05, 4.69) is 0 Å². The van der Waals surface area contributed by atoms with Crippen LogP contribution in [0.2, 0.25) is 0 Å². The first-order valence-electron chi connectivity index (χ1n) is 19.4. The lowest BCUT2D eigenvalue weighted by molar-refractivity contribution is -0.141. The maximum atomic E-state index is 15.5. The Kier molecular flexibility index (Phi) is 11.5. The highest BCUT2D eigenvalue weighted by molar-refractivity contribution is 6.11. The predicted octanol–water partition coefficient (Wildman–Crippen LogP) is 17.0. The summed E-state index contributed by atoms with van der Waals surface area (Å²) in [7, 11) is 0. The molecule has 0 aliphatic heterocycles. The average molecular weight is 1170 g/mol. The highest BCUT2D eigenvalue weighted by atomic mass is 19.3. The minimum atomic E-state index is -7.05. The molecule has 3 aliphatic rings. The first-order valence-corrected chi connectivity index (χ1v) is 19.4. The maximum Gasteiger partial charge on any atom is 0.304 e. The van der Waals surface area contributed by atoms with Crippen LogP contribution in [0.25, 0.3) is 43.1 Å². The minimum Gasteiger partial charge on any atom is -0.205 e. The molecule has 7 aromatic rings. The summed E-state index contributed by atoms with van der Waals surface area (Å²) in [6.07, 6.45) is 0. The smallest absolute Gasteiger partial charge is 0.205 e. The van der Waals surface area contributed by atoms with Gasteiger partial charge < -0.3 is 0 Å². The van der Waals surface area contributed by atoms with Crippen molar-refractivity contribution in [3.8, 4) is 0 Å². The van der Waals surface area contributed by atoms with E-state index in [1.165, 1.54) is 0 Å². The SMILES string of the molecule is Fc1c(F)c(F)c2c(F)c3c(F)c4c(F)c5c(F)c(F)c(F)c(F)c5c(F)c4c(F)c3c(F)c2c1F.Fc1c(F)c(F)c2c(c1F)C(F)(F)C1=C(C(F)(F)C3=C(C1(F)F)C(F)(F)c1c(F)c(F)c(F)c(F)c1C3(F)F)C2(F)F. The summed E-state index contributed by atoms with van der Waals surface area (Å²) in [4.78, 5) is 0. The Labute approximate surface area is 400 Å². The molecule has 0 aromatic heterocycles. The summed E-state index contributed by atoms with van der Waals surface area (Å²) >= 11 is 0. The van der Waals surface area contributed by atoms with Gasteiger partial charge in [0.2, 0.25) is 0 Å². The Morgan fingerprint density at radius 1 is 0.128 bits per heavy atom. The molecule has 0 saturated carbocycles. The van der Waals surface area contributed by atoms with E-state index in [-0.39, 0.29) is 0 Å². The van der Waals surface area contributed by atoms with Crippen molar-refractivity contribution in [1.29, 1.82) is 0 Å². The van der Waals surface area contributed by atoms with Crippen LogP contribution in [-0.2, 0) is 23.7 Å². The number of fused-ring (bicyclic) bond motifs is 6. The lowest BCUT2D eigenvalue weighted by Crippen LogP contribution is -2.58. The lowest BCUT2D eigenvalue weighted by atomic mass is 9.63. The van der Waals surface area contributed by atoms with Gasteiger partial charge in [0, 0.05) is 0 Å². The Hall–Kier alpha value is -7.32. The molecule has 3 aliphatic carbocycles. The van der Waals surface area contributed by atoms with Gasteiger partial charge in [0.1, 0.15) is 34.9 Å². The van der Waals surface area contributed by atoms with E-state index in [1.807, 2.05) is 0 Å². The van der Waals surface area contributed by atoms with Crippen LogP contribution < -0.4 is 0 Å². The molecular formula is C44F34. The van der Waals surface area contributed by atoms with E-state index in [0.29, 0.717) is 0 Å². The lowest BCUT2D eigenvalue weighted by Gasteiger charge is -2.49. The summed E-state index contributed by atoms with van der Waals surface area (Å²) in [6, 6.07) is 0. The van der Waals surface area contributed by atoms with Gasteiger partial charge in [-0.05, 0) is 0 Å². The molecule has 0 N–H and O–H groups in total. The van der Waals surface area contributed by atoms with Crippen molar-refractivity contribution in [3.63, 3.8) is 0 Å². The number of benzene rings is 7. The molecule has 414 valence electrons. The third-order valence-corrected chi connectivity index (χ3v) is 12.5. The van der Waals surface area contributed by atoms with Gasteiger partial charge in [-0.15, -0.1) is 0 Å². The quantitative estimate of drug-likeness (QED) is 0.0467. The third-order valence-electron chi connectivity index (χ3n) is 12.5. The maximum absolute atomic E-state index is 15.5. The van der Waals surface area contributed by atoms with Gasteiger partial charge in [-0.3, -0.25) is 0 Å².